The topological polar surface area (TPSA) is 55.4 Å². The van der Waals surface area contributed by atoms with Crippen molar-refractivity contribution in [1.29, 1.82) is 0 Å². The second kappa shape index (κ2) is 19.1. The summed E-state index contributed by atoms with van der Waals surface area (Å²) < 4.78 is 41.0. The second-order valence-electron chi connectivity index (χ2n) is 12.4. The van der Waals surface area contributed by atoms with E-state index < -0.39 is 36.6 Å². The minimum atomic E-state index is -0.576. The summed E-state index contributed by atoms with van der Waals surface area (Å²) >= 11 is 0. The highest BCUT2D eigenvalue weighted by atomic mass is 16.6. The molecule has 0 spiro atoms. The Labute approximate surface area is 296 Å². The first-order chi connectivity index (χ1) is 24.8. The standard InChI is InChI=1S/C44H46O6/c1-2-28-45-39-40(46-29-34-18-8-3-9-19-34)42(48-31-36-22-12-5-13-23-36)44(50-33-38-26-16-7-17-27-38)43(49-32-37-24-14-6-15-25-37)41(39)47-30-35-20-10-4-11-21-35/h2-27,39-44H,1,28-33H2. The van der Waals surface area contributed by atoms with E-state index in [-0.39, 0.29) is 0 Å². The summed E-state index contributed by atoms with van der Waals surface area (Å²) in [6.07, 6.45) is -1.69. The Hall–Kier alpha value is -4.40. The fourth-order valence-electron chi connectivity index (χ4n) is 6.27. The highest BCUT2D eigenvalue weighted by Crippen LogP contribution is 2.36. The molecule has 0 bridgehead atoms. The van der Waals surface area contributed by atoms with Crippen molar-refractivity contribution >= 4 is 0 Å². The maximum Gasteiger partial charge on any atom is 0.116 e. The Morgan fingerprint density at radius 2 is 0.520 bits per heavy atom. The van der Waals surface area contributed by atoms with Crippen LogP contribution < -0.4 is 0 Å². The molecular formula is C44H46O6. The first-order valence-corrected chi connectivity index (χ1v) is 17.3. The van der Waals surface area contributed by atoms with Crippen molar-refractivity contribution in [2.75, 3.05) is 6.61 Å². The van der Waals surface area contributed by atoms with Crippen LogP contribution in [-0.4, -0.2) is 43.2 Å². The molecule has 1 aliphatic carbocycles. The van der Waals surface area contributed by atoms with Gasteiger partial charge in [-0.1, -0.05) is 158 Å². The first kappa shape index (κ1) is 35.4. The van der Waals surface area contributed by atoms with Crippen LogP contribution in [0.1, 0.15) is 27.8 Å². The van der Waals surface area contributed by atoms with Crippen molar-refractivity contribution in [3.63, 3.8) is 0 Å². The molecule has 6 rings (SSSR count). The van der Waals surface area contributed by atoms with Crippen molar-refractivity contribution in [1.82, 2.24) is 0 Å². The van der Waals surface area contributed by atoms with Crippen LogP contribution in [0.15, 0.2) is 164 Å². The van der Waals surface area contributed by atoms with Crippen LogP contribution in [0, 0.1) is 0 Å². The van der Waals surface area contributed by atoms with Crippen LogP contribution in [0.2, 0.25) is 0 Å². The average Bonchev–Trinajstić information content (AvgIpc) is 3.18. The summed E-state index contributed by atoms with van der Waals surface area (Å²) in [5.74, 6) is 0. The van der Waals surface area contributed by atoms with E-state index >= 15 is 0 Å². The Morgan fingerprint density at radius 1 is 0.320 bits per heavy atom. The number of hydrogen-bond acceptors (Lipinski definition) is 6. The fourth-order valence-corrected chi connectivity index (χ4v) is 6.27. The van der Waals surface area contributed by atoms with Gasteiger partial charge in [-0.3, -0.25) is 0 Å². The number of hydrogen-bond donors (Lipinski definition) is 0. The number of ether oxygens (including phenoxy) is 6. The normalized spacial score (nSPS) is 21.8. The molecule has 0 radical (unpaired) electrons. The van der Waals surface area contributed by atoms with Gasteiger partial charge in [0.1, 0.15) is 36.6 Å². The summed E-state index contributed by atoms with van der Waals surface area (Å²) in [4.78, 5) is 0. The third-order valence-electron chi connectivity index (χ3n) is 8.78. The molecule has 5 aromatic rings. The van der Waals surface area contributed by atoms with E-state index in [0.29, 0.717) is 39.6 Å². The zero-order valence-corrected chi connectivity index (χ0v) is 28.4. The molecule has 0 amide bonds. The molecule has 0 saturated heterocycles. The van der Waals surface area contributed by atoms with Gasteiger partial charge < -0.3 is 28.4 Å². The van der Waals surface area contributed by atoms with Gasteiger partial charge in [-0.15, -0.1) is 6.58 Å². The first-order valence-electron chi connectivity index (χ1n) is 17.3. The molecule has 6 heteroatoms. The van der Waals surface area contributed by atoms with Gasteiger partial charge in [-0.25, -0.2) is 0 Å². The Morgan fingerprint density at radius 3 is 0.720 bits per heavy atom. The van der Waals surface area contributed by atoms with E-state index in [1.807, 2.05) is 91.0 Å². The maximum absolute atomic E-state index is 6.90. The summed E-state index contributed by atoms with van der Waals surface area (Å²) in [6, 6.07) is 50.7. The van der Waals surface area contributed by atoms with Crippen molar-refractivity contribution in [3.05, 3.63) is 192 Å². The summed E-state index contributed by atoms with van der Waals surface area (Å²) in [5, 5.41) is 0. The van der Waals surface area contributed by atoms with Crippen LogP contribution >= 0.6 is 0 Å². The minimum Gasteiger partial charge on any atom is -0.369 e. The molecule has 6 nitrogen and oxygen atoms in total. The lowest BCUT2D eigenvalue weighted by Crippen LogP contribution is -2.67. The van der Waals surface area contributed by atoms with Crippen LogP contribution in [0.4, 0.5) is 0 Å². The van der Waals surface area contributed by atoms with E-state index in [4.69, 9.17) is 28.4 Å². The van der Waals surface area contributed by atoms with Crippen molar-refractivity contribution in [2.45, 2.75) is 69.7 Å². The zero-order valence-electron chi connectivity index (χ0n) is 28.4. The molecule has 0 heterocycles. The molecule has 50 heavy (non-hydrogen) atoms. The molecule has 1 fully saturated rings. The molecule has 4 unspecified atom stereocenters. The van der Waals surface area contributed by atoms with Crippen LogP contribution in [0.3, 0.4) is 0 Å². The fraction of sp³-hybridized carbons (Fsp3) is 0.273. The lowest BCUT2D eigenvalue weighted by molar-refractivity contribution is -0.289. The quantitative estimate of drug-likeness (QED) is 0.0872. The van der Waals surface area contributed by atoms with Crippen LogP contribution in [-0.2, 0) is 61.5 Å². The number of benzene rings is 5. The maximum atomic E-state index is 6.90. The Balaban J connectivity index is 1.40. The molecule has 0 N–H and O–H groups in total. The van der Waals surface area contributed by atoms with E-state index in [0.717, 1.165) is 27.8 Å². The third kappa shape index (κ3) is 10.1. The van der Waals surface area contributed by atoms with E-state index in [2.05, 4.69) is 67.2 Å². The van der Waals surface area contributed by atoms with Crippen molar-refractivity contribution < 1.29 is 28.4 Å². The van der Waals surface area contributed by atoms with E-state index in [1.165, 1.54) is 0 Å². The highest BCUT2D eigenvalue weighted by molar-refractivity contribution is 5.18. The molecular weight excluding hydrogens is 624 g/mol. The van der Waals surface area contributed by atoms with Gasteiger partial charge in [0, 0.05) is 0 Å². The van der Waals surface area contributed by atoms with Crippen molar-refractivity contribution in [3.8, 4) is 0 Å². The van der Waals surface area contributed by atoms with Crippen molar-refractivity contribution in [2.24, 2.45) is 0 Å². The molecule has 1 aliphatic rings. The number of rotatable bonds is 18. The van der Waals surface area contributed by atoms with E-state index in [1.54, 1.807) is 6.08 Å². The predicted octanol–water partition coefficient (Wildman–Crippen LogP) is 8.50. The van der Waals surface area contributed by atoms with Gasteiger partial charge in [-0.2, -0.15) is 0 Å². The van der Waals surface area contributed by atoms with Gasteiger partial charge >= 0.3 is 0 Å². The summed E-state index contributed by atoms with van der Waals surface area (Å²) in [6.45, 7) is 6.05. The highest BCUT2D eigenvalue weighted by Gasteiger charge is 2.55. The molecule has 0 aliphatic heterocycles. The molecule has 5 aromatic carbocycles. The van der Waals surface area contributed by atoms with Gasteiger partial charge in [0.25, 0.3) is 0 Å². The van der Waals surface area contributed by atoms with Gasteiger partial charge in [0.15, 0.2) is 0 Å². The van der Waals surface area contributed by atoms with E-state index in [9.17, 15) is 0 Å². The largest absolute Gasteiger partial charge is 0.369 e. The summed E-state index contributed by atoms with van der Waals surface area (Å²) in [5.41, 5.74) is 5.22. The second-order valence-corrected chi connectivity index (χ2v) is 12.4. The average molecular weight is 671 g/mol. The van der Waals surface area contributed by atoms with Crippen LogP contribution in [0.25, 0.3) is 0 Å². The van der Waals surface area contributed by atoms with Gasteiger partial charge in [0.05, 0.1) is 39.6 Å². The van der Waals surface area contributed by atoms with Crippen LogP contribution in [0.5, 0.6) is 0 Å². The molecule has 0 aromatic heterocycles. The SMILES string of the molecule is C=CCOC1C(OCc2ccccc2)C(OCc2ccccc2)C(OCc2ccccc2)C(OCc2ccccc2)C1OCc1ccccc1. The lowest BCUT2D eigenvalue weighted by Gasteiger charge is -2.49. The van der Waals surface area contributed by atoms with Gasteiger partial charge in [0.2, 0.25) is 0 Å². The third-order valence-corrected chi connectivity index (χ3v) is 8.78. The monoisotopic (exact) mass is 670 g/mol. The molecule has 258 valence electrons. The minimum absolute atomic E-state index is 0.299. The molecule has 4 atom stereocenters. The zero-order chi connectivity index (χ0) is 34.2. The predicted molar refractivity (Wildman–Crippen MR) is 195 cm³/mol. The lowest BCUT2D eigenvalue weighted by atomic mass is 9.83. The Bertz CT molecular complexity index is 1550. The van der Waals surface area contributed by atoms with Gasteiger partial charge in [-0.05, 0) is 27.8 Å². The Kier molecular flexibility index (Phi) is 13.5. The smallest absolute Gasteiger partial charge is 0.116 e. The molecule has 1 saturated carbocycles. The summed E-state index contributed by atoms with van der Waals surface area (Å²) in [7, 11) is 0.